The van der Waals surface area contributed by atoms with Crippen LogP contribution >= 0.6 is 0 Å². The van der Waals surface area contributed by atoms with E-state index in [4.69, 9.17) is 4.74 Å². The van der Waals surface area contributed by atoms with Gasteiger partial charge in [0.25, 0.3) is 5.56 Å². The normalized spacial score (nSPS) is 12.2. The minimum atomic E-state index is -0.293. The summed E-state index contributed by atoms with van der Waals surface area (Å²) in [6, 6.07) is 23.7. The largest absolute Gasteiger partial charge is 0.497 e. The summed E-state index contributed by atoms with van der Waals surface area (Å²) in [4.78, 5) is 18.3. The number of hydrogen-bond acceptors (Lipinski definition) is 6. The molecule has 1 atom stereocenters. The van der Waals surface area contributed by atoms with Gasteiger partial charge in [0.05, 0.1) is 19.7 Å². The van der Waals surface area contributed by atoms with Crippen LogP contribution in [0.25, 0.3) is 10.9 Å². The average Bonchev–Trinajstić information content (AvgIpc) is 3.38. The minimum Gasteiger partial charge on any atom is -0.497 e. The van der Waals surface area contributed by atoms with Crippen LogP contribution in [0.15, 0.2) is 83.7 Å². The van der Waals surface area contributed by atoms with E-state index in [2.05, 4.69) is 32.3 Å². The lowest BCUT2D eigenvalue weighted by Gasteiger charge is -2.30. The fourth-order valence-electron chi connectivity index (χ4n) is 4.72. The Balaban J connectivity index is 1.52. The molecular weight excluding hydrogens is 483 g/mol. The standard InChI is InChI=1S/C29H29FN6O2/c1-3-27(28-32-33-34-36(28)18-20-7-5-4-6-8-20)35(17-21-9-11-24(30)12-10-21)19-23-15-22-16-25(38-2)13-14-26(22)31-29(23)37/h4-16,27H,3,17-19H2,1-2H3,(H,31,37)/t27-/m0/s1. The molecule has 0 saturated carbocycles. The van der Waals surface area contributed by atoms with Gasteiger partial charge in [0.15, 0.2) is 5.82 Å². The van der Waals surface area contributed by atoms with E-state index < -0.39 is 0 Å². The third-order valence-corrected chi connectivity index (χ3v) is 6.66. The molecule has 0 unspecified atom stereocenters. The summed E-state index contributed by atoms with van der Waals surface area (Å²) in [5.74, 6) is 1.13. The van der Waals surface area contributed by atoms with E-state index >= 15 is 0 Å². The summed E-state index contributed by atoms with van der Waals surface area (Å²) < 4.78 is 20.8. The number of tetrazole rings is 1. The first-order chi connectivity index (χ1) is 18.5. The smallest absolute Gasteiger partial charge is 0.252 e. The summed E-state index contributed by atoms with van der Waals surface area (Å²) in [7, 11) is 1.61. The number of fused-ring (bicyclic) bond motifs is 1. The molecule has 8 nitrogen and oxygen atoms in total. The van der Waals surface area contributed by atoms with E-state index in [1.54, 1.807) is 23.9 Å². The summed E-state index contributed by atoms with van der Waals surface area (Å²) >= 11 is 0. The number of aromatic nitrogens is 5. The van der Waals surface area contributed by atoms with Gasteiger partial charge in [0.1, 0.15) is 11.6 Å². The van der Waals surface area contributed by atoms with Crippen LogP contribution in [0.5, 0.6) is 5.75 Å². The maximum Gasteiger partial charge on any atom is 0.252 e. The maximum absolute atomic E-state index is 13.6. The van der Waals surface area contributed by atoms with Crippen LogP contribution < -0.4 is 10.3 Å². The second-order valence-electron chi connectivity index (χ2n) is 9.21. The first kappa shape index (κ1) is 25.3. The monoisotopic (exact) mass is 512 g/mol. The second kappa shape index (κ2) is 11.4. The highest BCUT2D eigenvalue weighted by Crippen LogP contribution is 2.27. The number of nitrogens with zero attached hydrogens (tertiary/aromatic N) is 5. The van der Waals surface area contributed by atoms with Crippen molar-refractivity contribution >= 4 is 10.9 Å². The topological polar surface area (TPSA) is 88.9 Å². The molecule has 0 radical (unpaired) electrons. The van der Waals surface area contributed by atoms with Crippen molar-refractivity contribution < 1.29 is 9.13 Å². The second-order valence-corrected chi connectivity index (χ2v) is 9.21. The van der Waals surface area contributed by atoms with Gasteiger partial charge >= 0.3 is 0 Å². The van der Waals surface area contributed by atoms with Crippen LogP contribution in [0, 0.1) is 5.82 Å². The zero-order valence-electron chi connectivity index (χ0n) is 21.3. The first-order valence-electron chi connectivity index (χ1n) is 12.5. The highest BCUT2D eigenvalue weighted by Gasteiger charge is 2.26. The average molecular weight is 513 g/mol. The van der Waals surface area contributed by atoms with Gasteiger partial charge < -0.3 is 9.72 Å². The van der Waals surface area contributed by atoms with Crippen LogP contribution in [0.3, 0.4) is 0 Å². The number of rotatable bonds is 10. The molecule has 194 valence electrons. The van der Waals surface area contributed by atoms with Crippen LogP contribution in [0.2, 0.25) is 0 Å². The van der Waals surface area contributed by atoms with Gasteiger partial charge in [-0.1, -0.05) is 49.4 Å². The van der Waals surface area contributed by atoms with Crippen molar-refractivity contribution in [2.75, 3.05) is 7.11 Å². The number of methoxy groups -OCH3 is 1. The van der Waals surface area contributed by atoms with Gasteiger partial charge in [-0.05, 0) is 64.4 Å². The van der Waals surface area contributed by atoms with Gasteiger partial charge in [0, 0.05) is 29.6 Å². The molecule has 0 saturated heterocycles. The van der Waals surface area contributed by atoms with Crippen molar-refractivity contribution in [1.29, 1.82) is 0 Å². The predicted molar refractivity (Wildman–Crippen MR) is 143 cm³/mol. The molecule has 2 aromatic heterocycles. The molecule has 5 rings (SSSR count). The Morgan fingerprint density at radius 3 is 2.53 bits per heavy atom. The van der Waals surface area contributed by atoms with E-state index in [1.807, 2.05) is 54.6 Å². The van der Waals surface area contributed by atoms with Crippen molar-refractivity contribution in [3.63, 3.8) is 0 Å². The molecule has 5 aromatic rings. The minimum absolute atomic E-state index is 0.162. The molecule has 0 spiro atoms. The van der Waals surface area contributed by atoms with E-state index in [9.17, 15) is 9.18 Å². The lowest BCUT2D eigenvalue weighted by Crippen LogP contribution is -2.32. The maximum atomic E-state index is 13.6. The van der Waals surface area contributed by atoms with Crippen LogP contribution in [0.1, 0.15) is 41.9 Å². The molecule has 38 heavy (non-hydrogen) atoms. The third-order valence-electron chi connectivity index (χ3n) is 6.66. The van der Waals surface area contributed by atoms with Crippen molar-refractivity contribution in [3.05, 3.63) is 118 Å². The SMILES string of the molecule is CC[C@@H](c1nnnn1Cc1ccccc1)N(Cc1ccc(F)cc1)Cc1cc2cc(OC)ccc2[nH]c1=O. The number of H-pyrrole nitrogens is 1. The molecule has 3 aromatic carbocycles. The summed E-state index contributed by atoms with van der Waals surface area (Å²) in [5, 5.41) is 13.5. The molecule has 0 bridgehead atoms. The molecule has 1 N–H and O–H groups in total. The number of hydrogen-bond donors (Lipinski definition) is 1. The number of nitrogens with one attached hydrogen (secondary N) is 1. The Labute approximate surface area is 219 Å². The third kappa shape index (κ3) is 5.63. The number of pyridine rings is 1. The van der Waals surface area contributed by atoms with Gasteiger partial charge in [0.2, 0.25) is 0 Å². The summed E-state index contributed by atoms with van der Waals surface area (Å²) in [5.41, 5.74) is 3.19. The Morgan fingerprint density at radius 2 is 1.79 bits per heavy atom. The number of aromatic amines is 1. The number of ether oxygens (including phenoxy) is 1. The van der Waals surface area contributed by atoms with Gasteiger partial charge in [-0.3, -0.25) is 9.69 Å². The molecule has 0 aliphatic rings. The van der Waals surface area contributed by atoms with Gasteiger partial charge in [-0.15, -0.1) is 5.10 Å². The fourth-order valence-corrected chi connectivity index (χ4v) is 4.72. The molecule has 0 fully saturated rings. The van der Waals surface area contributed by atoms with Crippen molar-refractivity contribution in [2.45, 2.75) is 39.0 Å². The molecule has 0 amide bonds. The molecule has 2 heterocycles. The van der Waals surface area contributed by atoms with Gasteiger partial charge in [-0.25, -0.2) is 9.07 Å². The highest BCUT2D eigenvalue weighted by atomic mass is 19.1. The summed E-state index contributed by atoms with van der Waals surface area (Å²) in [6.45, 7) is 3.42. The predicted octanol–water partition coefficient (Wildman–Crippen LogP) is 4.86. The lowest BCUT2D eigenvalue weighted by atomic mass is 10.1. The molecule has 0 aliphatic heterocycles. The van der Waals surface area contributed by atoms with E-state index in [-0.39, 0.29) is 17.4 Å². The van der Waals surface area contributed by atoms with Crippen molar-refractivity contribution in [3.8, 4) is 5.75 Å². The van der Waals surface area contributed by atoms with Crippen LogP contribution in [-0.4, -0.2) is 37.2 Å². The fraction of sp³-hybridized carbons (Fsp3) is 0.241. The zero-order valence-corrected chi connectivity index (χ0v) is 21.3. The number of benzene rings is 3. The lowest BCUT2D eigenvalue weighted by molar-refractivity contribution is 0.161. The van der Waals surface area contributed by atoms with E-state index in [0.717, 1.165) is 22.0 Å². The van der Waals surface area contributed by atoms with Crippen LogP contribution in [0.4, 0.5) is 4.39 Å². The Morgan fingerprint density at radius 1 is 1.00 bits per heavy atom. The summed E-state index contributed by atoms with van der Waals surface area (Å²) in [6.07, 6.45) is 0.704. The van der Waals surface area contributed by atoms with Crippen molar-refractivity contribution in [2.24, 2.45) is 0 Å². The molecule has 0 aliphatic carbocycles. The van der Waals surface area contributed by atoms with E-state index in [1.165, 1.54) is 12.1 Å². The quantitative estimate of drug-likeness (QED) is 0.287. The van der Waals surface area contributed by atoms with Crippen LogP contribution in [-0.2, 0) is 19.6 Å². The Hall–Kier alpha value is -4.37. The number of halogens is 1. The Bertz CT molecular complexity index is 1570. The zero-order chi connectivity index (χ0) is 26.5. The first-order valence-corrected chi connectivity index (χ1v) is 12.5. The molecular formula is C29H29FN6O2. The van der Waals surface area contributed by atoms with E-state index in [0.29, 0.717) is 43.2 Å². The van der Waals surface area contributed by atoms with Gasteiger partial charge in [-0.2, -0.15) is 0 Å². The van der Waals surface area contributed by atoms with Crippen molar-refractivity contribution in [1.82, 2.24) is 30.1 Å². The highest BCUT2D eigenvalue weighted by molar-refractivity contribution is 5.80. The molecule has 9 heteroatoms. The Kier molecular flexibility index (Phi) is 7.55.